The molecule has 1 saturated heterocycles. The van der Waals surface area contributed by atoms with E-state index in [0.29, 0.717) is 13.1 Å². The molecule has 7 heteroatoms. The molecule has 1 fully saturated rings. The van der Waals surface area contributed by atoms with E-state index < -0.39 is 11.8 Å². The van der Waals surface area contributed by atoms with Crippen LogP contribution in [0.15, 0.2) is 35.7 Å². The van der Waals surface area contributed by atoms with E-state index in [9.17, 15) is 9.59 Å². The lowest BCUT2D eigenvalue weighted by Gasteiger charge is -2.31. The Labute approximate surface area is 182 Å². The number of hydrogen-bond donors (Lipinski definition) is 2. The fourth-order valence-corrected chi connectivity index (χ4v) is 5.10. The molecule has 30 heavy (non-hydrogen) atoms. The maximum absolute atomic E-state index is 12.4. The fourth-order valence-electron chi connectivity index (χ4n) is 4.45. The van der Waals surface area contributed by atoms with Crippen LogP contribution in [0.25, 0.3) is 0 Å². The van der Waals surface area contributed by atoms with Crippen molar-refractivity contribution in [2.45, 2.75) is 38.3 Å². The summed E-state index contributed by atoms with van der Waals surface area (Å²) >= 11 is 1.56. The zero-order chi connectivity index (χ0) is 20.9. The molecular weight excluding hydrogens is 396 g/mol. The number of rotatable bonds is 6. The van der Waals surface area contributed by atoms with Gasteiger partial charge in [0.1, 0.15) is 0 Å². The van der Waals surface area contributed by atoms with Crippen LogP contribution in [0, 0.1) is 0 Å². The number of aryl methyl sites for hydroxylation is 1. The molecule has 0 radical (unpaired) electrons. The number of nitrogens with zero attached hydrogens (tertiary/aromatic N) is 2. The summed E-state index contributed by atoms with van der Waals surface area (Å²) in [5.74, 6) is -1.14. The fraction of sp³-hybridized carbons (Fsp3) is 0.478. The molecule has 6 nitrogen and oxygen atoms in total. The topological polar surface area (TPSA) is 64.7 Å². The van der Waals surface area contributed by atoms with Gasteiger partial charge < -0.3 is 15.5 Å². The SMILES string of the molecule is CN1CCCc2cc(C(CNC(=O)C(=O)NCc3cccs3)N3CCCC3)ccc21. The summed E-state index contributed by atoms with van der Waals surface area (Å²) in [7, 11) is 2.14. The van der Waals surface area contributed by atoms with Crippen molar-refractivity contribution in [3.8, 4) is 0 Å². The molecular formula is C23H30N4O2S. The molecule has 3 heterocycles. The van der Waals surface area contributed by atoms with Crippen molar-refractivity contribution in [1.29, 1.82) is 0 Å². The number of nitrogens with one attached hydrogen (secondary N) is 2. The first-order valence-electron chi connectivity index (χ1n) is 10.8. The van der Waals surface area contributed by atoms with Crippen molar-refractivity contribution in [3.63, 3.8) is 0 Å². The van der Waals surface area contributed by atoms with Crippen LogP contribution in [0.3, 0.4) is 0 Å². The lowest BCUT2D eigenvalue weighted by atomic mass is 9.96. The summed E-state index contributed by atoms with van der Waals surface area (Å²) in [5, 5.41) is 7.54. The molecule has 1 atom stereocenters. The molecule has 2 aliphatic heterocycles. The van der Waals surface area contributed by atoms with Gasteiger partial charge in [-0.3, -0.25) is 14.5 Å². The van der Waals surface area contributed by atoms with Gasteiger partial charge in [0.25, 0.3) is 0 Å². The zero-order valence-electron chi connectivity index (χ0n) is 17.5. The van der Waals surface area contributed by atoms with Gasteiger partial charge in [-0.1, -0.05) is 18.2 Å². The van der Waals surface area contributed by atoms with E-state index in [2.05, 4.69) is 45.7 Å². The Hall–Kier alpha value is -2.38. The van der Waals surface area contributed by atoms with Crippen LogP contribution < -0.4 is 15.5 Å². The van der Waals surface area contributed by atoms with Gasteiger partial charge in [0, 0.05) is 30.7 Å². The summed E-state index contributed by atoms with van der Waals surface area (Å²) in [4.78, 5) is 30.4. The van der Waals surface area contributed by atoms with E-state index in [1.807, 2.05) is 17.5 Å². The maximum atomic E-state index is 12.4. The van der Waals surface area contributed by atoms with Crippen molar-refractivity contribution >= 4 is 28.8 Å². The molecule has 0 bridgehead atoms. The number of carbonyl (C=O) groups excluding carboxylic acids is 2. The normalized spacial score (nSPS) is 17.4. The molecule has 2 N–H and O–H groups in total. The highest BCUT2D eigenvalue weighted by Crippen LogP contribution is 2.31. The van der Waals surface area contributed by atoms with E-state index in [0.717, 1.165) is 30.9 Å². The number of fused-ring (bicyclic) bond motifs is 1. The van der Waals surface area contributed by atoms with E-state index >= 15 is 0 Å². The predicted molar refractivity (Wildman–Crippen MR) is 121 cm³/mol. The Balaban J connectivity index is 1.41. The quantitative estimate of drug-likeness (QED) is 0.697. The van der Waals surface area contributed by atoms with Gasteiger partial charge in [0.05, 0.1) is 12.6 Å². The van der Waals surface area contributed by atoms with E-state index in [1.165, 1.54) is 36.1 Å². The summed E-state index contributed by atoms with van der Waals surface area (Å²) in [6.45, 7) is 3.99. The molecule has 1 unspecified atom stereocenters. The van der Waals surface area contributed by atoms with Crippen LogP contribution in [0.1, 0.15) is 41.3 Å². The number of thiophene rings is 1. The zero-order valence-corrected chi connectivity index (χ0v) is 18.3. The molecule has 0 aliphatic carbocycles. The van der Waals surface area contributed by atoms with Gasteiger partial charge in [-0.25, -0.2) is 0 Å². The highest BCUT2D eigenvalue weighted by atomic mass is 32.1. The lowest BCUT2D eigenvalue weighted by Crippen LogP contribution is -2.43. The molecule has 2 aromatic rings. The van der Waals surface area contributed by atoms with Gasteiger partial charge in [0.2, 0.25) is 0 Å². The van der Waals surface area contributed by atoms with E-state index in [4.69, 9.17) is 0 Å². The highest BCUT2D eigenvalue weighted by Gasteiger charge is 2.26. The average molecular weight is 427 g/mol. The van der Waals surface area contributed by atoms with Gasteiger partial charge in [0.15, 0.2) is 0 Å². The van der Waals surface area contributed by atoms with Gasteiger partial charge in [-0.2, -0.15) is 0 Å². The van der Waals surface area contributed by atoms with Crippen LogP contribution >= 0.6 is 11.3 Å². The Morgan fingerprint density at radius 1 is 1.07 bits per heavy atom. The van der Waals surface area contributed by atoms with Crippen LogP contribution in [-0.2, 0) is 22.6 Å². The largest absolute Gasteiger partial charge is 0.374 e. The Kier molecular flexibility index (Phi) is 6.69. The highest BCUT2D eigenvalue weighted by molar-refractivity contribution is 7.09. The molecule has 0 spiro atoms. The van der Waals surface area contributed by atoms with Crippen LogP contribution in [0.5, 0.6) is 0 Å². The number of carbonyl (C=O) groups is 2. The van der Waals surface area contributed by atoms with Crippen molar-refractivity contribution < 1.29 is 9.59 Å². The Morgan fingerprint density at radius 2 is 1.87 bits per heavy atom. The number of likely N-dealkylation sites (tertiary alicyclic amines) is 1. The van der Waals surface area contributed by atoms with Crippen LogP contribution in [0.4, 0.5) is 5.69 Å². The number of anilines is 1. The lowest BCUT2D eigenvalue weighted by molar-refractivity contribution is -0.139. The van der Waals surface area contributed by atoms with E-state index in [1.54, 1.807) is 11.3 Å². The third kappa shape index (κ3) is 4.84. The molecule has 0 saturated carbocycles. The minimum atomic E-state index is -0.573. The van der Waals surface area contributed by atoms with Gasteiger partial charge >= 0.3 is 11.8 Å². The average Bonchev–Trinajstić information content (AvgIpc) is 3.46. The third-order valence-corrected chi connectivity index (χ3v) is 6.96. The van der Waals surface area contributed by atoms with Gasteiger partial charge in [-0.15, -0.1) is 11.3 Å². The minimum absolute atomic E-state index is 0.0964. The standard InChI is InChI=1S/C23H30N4O2S/c1-26-10-4-6-17-14-18(8-9-20(17)26)21(27-11-2-3-12-27)16-25-23(29)22(28)24-15-19-7-5-13-30-19/h5,7-9,13-14,21H,2-4,6,10-12,15-16H2,1H3,(H,24,28)(H,25,29). The first kappa shape index (κ1) is 20.9. The second-order valence-corrected chi connectivity index (χ2v) is 9.18. The van der Waals surface area contributed by atoms with Crippen molar-refractivity contribution in [1.82, 2.24) is 15.5 Å². The smallest absolute Gasteiger partial charge is 0.309 e. The summed E-state index contributed by atoms with van der Waals surface area (Å²) in [5.41, 5.74) is 3.91. The minimum Gasteiger partial charge on any atom is -0.374 e. The molecule has 1 aromatic carbocycles. The van der Waals surface area contributed by atoms with E-state index in [-0.39, 0.29) is 6.04 Å². The van der Waals surface area contributed by atoms with Crippen molar-refractivity contribution in [2.75, 3.05) is 38.1 Å². The number of hydrogen-bond acceptors (Lipinski definition) is 5. The third-order valence-electron chi connectivity index (χ3n) is 6.09. The molecule has 1 aromatic heterocycles. The second-order valence-electron chi connectivity index (χ2n) is 8.14. The summed E-state index contributed by atoms with van der Waals surface area (Å²) in [6, 6.07) is 10.7. The number of benzene rings is 1. The van der Waals surface area contributed by atoms with Crippen LogP contribution in [-0.4, -0.2) is 49.9 Å². The first-order valence-corrected chi connectivity index (χ1v) is 11.7. The second kappa shape index (κ2) is 9.62. The molecule has 160 valence electrons. The van der Waals surface area contributed by atoms with Crippen molar-refractivity contribution in [3.05, 3.63) is 51.7 Å². The summed E-state index contributed by atoms with van der Waals surface area (Å²) in [6.07, 6.45) is 4.62. The Bertz CT molecular complexity index is 877. The molecule has 2 aliphatic rings. The maximum Gasteiger partial charge on any atom is 0.309 e. The summed E-state index contributed by atoms with van der Waals surface area (Å²) < 4.78 is 0. The molecule has 4 rings (SSSR count). The van der Waals surface area contributed by atoms with Gasteiger partial charge in [-0.05, 0) is 67.4 Å². The van der Waals surface area contributed by atoms with Crippen LogP contribution in [0.2, 0.25) is 0 Å². The number of amides is 2. The Morgan fingerprint density at radius 3 is 2.63 bits per heavy atom. The van der Waals surface area contributed by atoms with Crippen molar-refractivity contribution in [2.24, 2.45) is 0 Å². The molecule has 2 amide bonds. The monoisotopic (exact) mass is 426 g/mol. The first-order chi connectivity index (χ1) is 14.6. The predicted octanol–water partition coefficient (Wildman–Crippen LogP) is 2.70.